The van der Waals surface area contributed by atoms with E-state index in [1.807, 2.05) is 0 Å². The maximum atomic E-state index is 11.7. The van der Waals surface area contributed by atoms with Gasteiger partial charge in [0.15, 0.2) is 0 Å². The zero-order chi connectivity index (χ0) is 14.3. The predicted octanol–water partition coefficient (Wildman–Crippen LogP) is -1.61. The average Bonchev–Trinajstić information content (AvgIpc) is 2.30. The molecule has 0 aromatic carbocycles. The summed E-state index contributed by atoms with van der Waals surface area (Å²) in [7, 11) is 0. The van der Waals surface area contributed by atoms with Gasteiger partial charge in [0.2, 0.25) is 5.78 Å². The van der Waals surface area contributed by atoms with Crippen LogP contribution in [0.5, 0.6) is 0 Å². The molecule has 18 heavy (non-hydrogen) atoms. The highest BCUT2D eigenvalue weighted by molar-refractivity contribution is 6.00. The molecule has 0 aromatic rings. The van der Waals surface area contributed by atoms with Crippen LogP contribution in [0.15, 0.2) is 0 Å². The van der Waals surface area contributed by atoms with Crippen molar-refractivity contribution in [2.45, 2.75) is 13.3 Å². The molecule has 0 radical (unpaired) electrons. The summed E-state index contributed by atoms with van der Waals surface area (Å²) in [5, 5.41) is 37.4. The fraction of sp³-hybridized carbons (Fsp3) is 0.800. The van der Waals surface area contributed by atoms with Crippen molar-refractivity contribution in [2.75, 3.05) is 26.4 Å². The third kappa shape index (κ3) is 4.13. The number of nitro groups is 1. The van der Waals surface area contributed by atoms with E-state index in [0.29, 0.717) is 0 Å². The number of hydrogen-bond donors (Lipinski definition) is 3. The Kier molecular flexibility index (Phi) is 6.60. The van der Waals surface area contributed by atoms with Crippen LogP contribution in [0.2, 0.25) is 0 Å². The van der Waals surface area contributed by atoms with Crippen molar-refractivity contribution in [1.29, 1.82) is 0 Å². The Morgan fingerprint density at radius 1 is 1.22 bits per heavy atom. The van der Waals surface area contributed by atoms with E-state index in [2.05, 4.69) is 0 Å². The maximum Gasteiger partial charge on any atom is 0.261 e. The molecule has 0 aliphatic carbocycles. The lowest BCUT2D eigenvalue weighted by Crippen LogP contribution is -2.44. The first-order chi connectivity index (χ1) is 8.32. The zero-order valence-corrected chi connectivity index (χ0v) is 10.0. The van der Waals surface area contributed by atoms with Crippen molar-refractivity contribution < 1.29 is 29.8 Å². The van der Waals surface area contributed by atoms with Crippen molar-refractivity contribution in [1.82, 2.24) is 0 Å². The maximum absolute atomic E-state index is 11.7. The summed E-state index contributed by atoms with van der Waals surface area (Å²) in [5.74, 6) is -2.48. The van der Waals surface area contributed by atoms with Crippen LogP contribution < -0.4 is 0 Å². The van der Waals surface area contributed by atoms with E-state index in [9.17, 15) is 19.7 Å². The van der Waals surface area contributed by atoms with Crippen LogP contribution >= 0.6 is 0 Å². The predicted molar refractivity (Wildman–Crippen MR) is 59.3 cm³/mol. The minimum Gasteiger partial charge on any atom is -0.396 e. The van der Waals surface area contributed by atoms with E-state index >= 15 is 0 Å². The van der Waals surface area contributed by atoms with Gasteiger partial charge in [-0.15, -0.1) is 0 Å². The molecule has 0 saturated heterocycles. The van der Waals surface area contributed by atoms with E-state index in [4.69, 9.17) is 15.3 Å². The highest BCUT2D eigenvalue weighted by Gasteiger charge is 2.39. The summed E-state index contributed by atoms with van der Waals surface area (Å²) in [6, 6.07) is 0. The van der Waals surface area contributed by atoms with Crippen molar-refractivity contribution in [2.24, 2.45) is 11.3 Å². The Morgan fingerprint density at radius 2 is 1.67 bits per heavy atom. The molecule has 1 unspecified atom stereocenters. The molecule has 1 atom stereocenters. The molecule has 104 valence electrons. The van der Waals surface area contributed by atoms with Crippen molar-refractivity contribution >= 4 is 11.6 Å². The molecule has 0 aliphatic heterocycles. The number of aliphatic hydroxyl groups excluding tert-OH is 3. The molecule has 8 nitrogen and oxygen atoms in total. The Balaban J connectivity index is 4.68. The first kappa shape index (κ1) is 16.6. The van der Waals surface area contributed by atoms with Gasteiger partial charge in [-0.2, -0.15) is 0 Å². The van der Waals surface area contributed by atoms with Gasteiger partial charge >= 0.3 is 0 Å². The first-order valence-electron chi connectivity index (χ1n) is 5.31. The number of ketones is 2. The van der Waals surface area contributed by atoms with Crippen molar-refractivity contribution in [3.8, 4) is 0 Å². The summed E-state index contributed by atoms with van der Waals surface area (Å²) in [4.78, 5) is 32.0. The van der Waals surface area contributed by atoms with Crippen molar-refractivity contribution in [3.05, 3.63) is 10.1 Å². The largest absolute Gasteiger partial charge is 0.396 e. The summed E-state index contributed by atoms with van der Waals surface area (Å²) in [5.41, 5.74) is -1.42. The highest BCUT2D eigenvalue weighted by atomic mass is 16.6. The van der Waals surface area contributed by atoms with Crippen LogP contribution in [0.25, 0.3) is 0 Å². The van der Waals surface area contributed by atoms with Gasteiger partial charge in [-0.1, -0.05) is 6.92 Å². The Labute approximate surface area is 103 Å². The molecular formula is C10H17NO7. The van der Waals surface area contributed by atoms with E-state index in [0.717, 1.165) is 0 Å². The van der Waals surface area contributed by atoms with E-state index in [1.165, 1.54) is 6.92 Å². The Bertz CT molecular complexity index is 316. The molecule has 0 aromatic heterocycles. The van der Waals surface area contributed by atoms with Crippen LogP contribution in [-0.4, -0.2) is 58.2 Å². The smallest absolute Gasteiger partial charge is 0.261 e. The second-order valence-corrected chi connectivity index (χ2v) is 4.23. The molecule has 0 heterocycles. The van der Waals surface area contributed by atoms with Crippen LogP contribution in [0.4, 0.5) is 0 Å². The number of hydrogen-bond acceptors (Lipinski definition) is 7. The van der Waals surface area contributed by atoms with Crippen LogP contribution in [0.3, 0.4) is 0 Å². The fourth-order valence-corrected chi connectivity index (χ4v) is 1.45. The molecule has 0 fully saturated rings. The number of aliphatic hydroxyl groups is 3. The number of rotatable bonds is 9. The molecule has 3 N–H and O–H groups in total. The quantitative estimate of drug-likeness (QED) is 0.258. The second-order valence-electron chi connectivity index (χ2n) is 4.23. The zero-order valence-electron chi connectivity index (χ0n) is 10.0. The van der Waals surface area contributed by atoms with Crippen LogP contribution in [0, 0.1) is 21.4 Å². The van der Waals surface area contributed by atoms with Crippen molar-refractivity contribution in [3.63, 3.8) is 0 Å². The average molecular weight is 263 g/mol. The number of carbonyl (C=O) groups excluding carboxylic acids is 2. The van der Waals surface area contributed by atoms with Gasteiger partial charge < -0.3 is 15.3 Å². The minimum absolute atomic E-state index is 0.629. The van der Waals surface area contributed by atoms with Gasteiger partial charge in [-0.3, -0.25) is 19.7 Å². The molecule has 0 amide bonds. The lowest BCUT2D eigenvalue weighted by molar-refractivity contribution is -0.467. The van der Waals surface area contributed by atoms with Gasteiger partial charge in [0.1, 0.15) is 5.78 Å². The summed E-state index contributed by atoms with van der Waals surface area (Å²) in [6.45, 7) is -1.48. The number of Topliss-reactive ketones (excluding diaryl/α,β-unsaturated/α-hetero) is 2. The lowest BCUT2D eigenvalue weighted by Gasteiger charge is -2.32. The van der Waals surface area contributed by atoms with Crippen LogP contribution in [0.1, 0.15) is 13.3 Å². The normalized spacial score (nSPS) is 13.1. The molecular weight excluding hydrogens is 246 g/mol. The molecule has 0 saturated carbocycles. The standard InChI is InChI=1S/C10H17NO7/c1-7(10(4-12,5-13)6-14)9(16)2-8(15)3-11(17)18/h7,12-14H,2-6H2,1H3. The third-order valence-corrected chi connectivity index (χ3v) is 3.02. The topological polar surface area (TPSA) is 138 Å². The SMILES string of the molecule is CC(C(=O)CC(=O)C[N+](=O)[O-])C(CO)(CO)CO. The fourth-order valence-electron chi connectivity index (χ4n) is 1.45. The van der Waals surface area contributed by atoms with Crippen LogP contribution in [-0.2, 0) is 9.59 Å². The summed E-state index contributed by atoms with van der Waals surface area (Å²) >= 11 is 0. The van der Waals surface area contributed by atoms with Gasteiger partial charge in [0.05, 0.1) is 26.2 Å². The van der Waals surface area contributed by atoms with E-state index in [-0.39, 0.29) is 0 Å². The molecule has 0 rings (SSSR count). The van der Waals surface area contributed by atoms with E-state index < -0.39 is 60.6 Å². The van der Waals surface area contributed by atoms with Gasteiger partial charge in [-0.25, -0.2) is 0 Å². The number of carbonyl (C=O) groups is 2. The summed E-state index contributed by atoms with van der Waals surface area (Å²) < 4.78 is 0. The first-order valence-corrected chi connectivity index (χ1v) is 5.31. The van der Waals surface area contributed by atoms with Gasteiger partial charge in [0.25, 0.3) is 6.54 Å². The summed E-state index contributed by atoms with van der Waals surface area (Å²) in [6.07, 6.45) is -0.649. The molecule has 0 spiro atoms. The molecule has 0 aliphatic rings. The molecule has 0 bridgehead atoms. The highest BCUT2D eigenvalue weighted by Crippen LogP contribution is 2.27. The Morgan fingerprint density at radius 3 is 2.00 bits per heavy atom. The monoisotopic (exact) mass is 263 g/mol. The number of nitrogens with zero attached hydrogens (tertiary/aromatic N) is 1. The second kappa shape index (κ2) is 7.14. The lowest BCUT2D eigenvalue weighted by atomic mass is 9.75. The third-order valence-electron chi connectivity index (χ3n) is 3.02. The van der Waals surface area contributed by atoms with Gasteiger partial charge in [-0.05, 0) is 0 Å². The molecule has 8 heteroatoms. The Hall–Kier alpha value is -1.38. The minimum atomic E-state index is -1.42. The van der Waals surface area contributed by atoms with E-state index in [1.54, 1.807) is 0 Å². The van der Waals surface area contributed by atoms with Gasteiger partial charge in [0, 0.05) is 16.3 Å².